The summed E-state index contributed by atoms with van der Waals surface area (Å²) in [6, 6.07) is 5.21. The summed E-state index contributed by atoms with van der Waals surface area (Å²) in [6.45, 7) is 8.24. The van der Waals surface area contributed by atoms with Gasteiger partial charge in [-0.2, -0.15) is 15.8 Å². The number of allylic oxidation sites excluding steroid dienone is 3. The number of nitriles is 3. The third kappa shape index (κ3) is 12.8. The zero-order valence-corrected chi connectivity index (χ0v) is 26.3. The zero-order chi connectivity index (χ0) is 31.7. The van der Waals surface area contributed by atoms with Crippen molar-refractivity contribution in [1.82, 2.24) is 14.7 Å². The third-order valence-electron chi connectivity index (χ3n) is 6.99. The number of hydrogen-bond acceptors (Lipinski definition) is 9. The Bertz CT molecular complexity index is 1030. The van der Waals surface area contributed by atoms with Gasteiger partial charge in [-0.15, -0.1) is 0 Å². The Morgan fingerprint density at radius 3 is 0.791 bits per heavy atom. The molecule has 0 bridgehead atoms. The van der Waals surface area contributed by atoms with Crippen LogP contribution in [-0.4, -0.2) is 87.0 Å². The molecule has 3 saturated heterocycles. The van der Waals surface area contributed by atoms with Crippen molar-refractivity contribution < 1.29 is 46.8 Å². The van der Waals surface area contributed by atoms with Crippen LogP contribution in [0.3, 0.4) is 0 Å². The van der Waals surface area contributed by atoms with Gasteiger partial charge in [0.1, 0.15) is 35.5 Å². The van der Waals surface area contributed by atoms with Gasteiger partial charge in [-0.3, -0.25) is 14.4 Å². The fourth-order valence-corrected chi connectivity index (χ4v) is 4.62. The predicted octanol–water partition coefficient (Wildman–Crippen LogP) is 4.06. The smallest absolute Gasteiger partial charge is 0.267 e. The van der Waals surface area contributed by atoms with E-state index < -0.39 is 0 Å². The van der Waals surface area contributed by atoms with Crippen molar-refractivity contribution in [1.29, 1.82) is 15.8 Å². The van der Waals surface area contributed by atoms with E-state index in [2.05, 4.69) is 0 Å². The molecule has 0 radical (unpaired) electrons. The molecule has 0 atom stereocenters. The second kappa shape index (κ2) is 20.8. The summed E-state index contributed by atoms with van der Waals surface area (Å²) < 4.78 is 0. The van der Waals surface area contributed by atoms with Crippen molar-refractivity contribution in [2.24, 2.45) is 0 Å². The van der Waals surface area contributed by atoms with Gasteiger partial charge in [0.2, 0.25) is 0 Å². The third-order valence-corrected chi connectivity index (χ3v) is 6.99. The number of carbonyl (C=O) groups excluding carboxylic acids is 3. The summed E-state index contributed by atoms with van der Waals surface area (Å²) in [6.07, 6.45) is 9.28. The molecule has 43 heavy (non-hydrogen) atoms. The maximum atomic E-state index is 11.7. The molecular formula is C30H42FeN6O6. The van der Waals surface area contributed by atoms with Crippen LogP contribution in [0.1, 0.15) is 78.6 Å². The SMILES string of the molecule is CC(O)=C(C#N)C(=O)N1CCCCC1.CC(O)=C(C#N)C(=O)N1CCCCC1.CC(O)=C(C#N)C(=O)N1CCCCC1.[Fe]. The first-order valence-electron chi connectivity index (χ1n) is 14.3. The minimum Gasteiger partial charge on any atom is -0.511 e. The number of nitrogens with zero attached hydrogens (tertiary/aromatic N) is 6. The molecule has 3 fully saturated rings. The second-order valence-electron chi connectivity index (χ2n) is 10.3. The van der Waals surface area contributed by atoms with Crippen LogP contribution in [-0.2, 0) is 31.5 Å². The van der Waals surface area contributed by atoms with Crippen molar-refractivity contribution in [2.75, 3.05) is 39.3 Å². The van der Waals surface area contributed by atoms with Gasteiger partial charge in [-0.05, 0) is 78.6 Å². The van der Waals surface area contributed by atoms with Gasteiger partial charge >= 0.3 is 0 Å². The summed E-state index contributed by atoms with van der Waals surface area (Å²) in [4.78, 5) is 39.8. The van der Waals surface area contributed by atoms with Crippen LogP contribution in [0.2, 0.25) is 0 Å². The van der Waals surface area contributed by atoms with Gasteiger partial charge in [0.15, 0.2) is 16.7 Å². The van der Waals surface area contributed by atoms with E-state index in [0.717, 1.165) is 57.8 Å². The fraction of sp³-hybridized carbons (Fsp3) is 0.600. The Hall–Kier alpha value is -3.98. The van der Waals surface area contributed by atoms with E-state index in [-0.39, 0.29) is 68.8 Å². The molecular weight excluding hydrogens is 596 g/mol. The Morgan fingerprint density at radius 1 is 0.465 bits per heavy atom. The fourth-order valence-electron chi connectivity index (χ4n) is 4.62. The quantitative estimate of drug-likeness (QED) is 0.177. The molecule has 0 aromatic carbocycles. The van der Waals surface area contributed by atoms with Crippen molar-refractivity contribution >= 4 is 17.7 Å². The molecule has 0 spiro atoms. The van der Waals surface area contributed by atoms with Crippen molar-refractivity contribution in [2.45, 2.75) is 78.6 Å². The van der Waals surface area contributed by atoms with Gasteiger partial charge in [0.25, 0.3) is 17.7 Å². The predicted molar refractivity (Wildman–Crippen MR) is 154 cm³/mol. The van der Waals surface area contributed by atoms with Crippen molar-refractivity contribution in [3.63, 3.8) is 0 Å². The number of piperidine rings is 3. The van der Waals surface area contributed by atoms with E-state index in [9.17, 15) is 14.4 Å². The molecule has 3 aliphatic rings. The molecule has 3 N–H and O–H groups in total. The summed E-state index contributed by atoms with van der Waals surface area (Å²) >= 11 is 0. The Balaban J connectivity index is 0.000000608. The first-order chi connectivity index (χ1) is 20.0. The Labute approximate surface area is 264 Å². The van der Waals surface area contributed by atoms with Crippen LogP contribution in [0, 0.1) is 34.0 Å². The number of amides is 3. The van der Waals surface area contributed by atoms with Crippen LogP contribution in [0.25, 0.3) is 0 Å². The first kappa shape index (κ1) is 39.0. The van der Waals surface area contributed by atoms with Gasteiger partial charge in [0.05, 0.1) is 0 Å². The van der Waals surface area contributed by atoms with Gasteiger partial charge in [-0.1, -0.05) is 0 Å². The maximum Gasteiger partial charge on any atom is 0.267 e. The summed E-state index contributed by atoms with van der Waals surface area (Å²) in [5, 5.41) is 53.4. The Morgan fingerprint density at radius 2 is 0.651 bits per heavy atom. The summed E-state index contributed by atoms with van der Waals surface area (Å²) in [7, 11) is 0. The number of rotatable bonds is 3. The number of aliphatic hydroxyl groups excluding tert-OH is 3. The molecule has 12 nitrogen and oxygen atoms in total. The summed E-state index contributed by atoms with van der Waals surface area (Å²) in [5.74, 6) is -1.60. The van der Waals surface area contributed by atoms with Gasteiger partial charge in [0, 0.05) is 56.3 Å². The number of likely N-dealkylation sites (tertiary alicyclic amines) is 3. The molecule has 0 aromatic heterocycles. The van der Waals surface area contributed by atoms with E-state index in [1.54, 1.807) is 32.9 Å². The molecule has 236 valence electrons. The average Bonchev–Trinajstić information content (AvgIpc) is 2.99. The van der Waals surface area contributed by atoms with Crippen LogP contribution >= 0.6 is 0 Å². The van der Waals surface area contributed by atoms with Crippen molar-refractivity contribution in [3.8, 4) is 18.2 Å². The molecule has 0 saturated carbocycles. The standard InChI is InChI=1S/3C10H14N2O2.Fe/c3*1-8(13)9(7-11)10(14)12-5-3-2-4-6-12;/h3*13H,2-6H2,1H3;. The van der Waals surface area contributed by atoms with E-state index in [1.165, 1.54) is 20.8 Å². The van der Waals surface area contributed by atoms with Crippen LogP contribution < -0.4 is 0 Å². The molecule has 0 aromatic rings. The topological polar surface area (TPSA) is 193 Å². The first-order valence-corrected chi connectivity index (χ1v) is 14.3. The van der Waals surface area contributed by atoms with E-state index in [1.807, 2.05) is 0 Å². The van der Waals surface area contributed by atoms with Crippen molar-refractivity contribution in [3.05, 3.63) is 34.0 Å². The van der Waals surface area contributed by atoms with E-state index in [0.29, 0.717) is 39.3 Å². The minimum atomic E-state index is -0.341. The maximum absolute atomic E-state index is 11.7. The molecule has 0 unspecified atom stereocenters. The van der Waals surface area contributed by atoms with Gasteiger partial charge in [-0.25, -0.2) is 0 Å². The number of aliphatic hydroxyl groups is 3. The molecule has 3 heterocycles. The van der Waals surface area contributed by atoms with Crippen LogP contribution in [0.4, 0.5) is 0 Å². The van der Waals surface area contributed by atoms with Crippen LogP contribution in [0.5, 0.6) is 0 Å². The monoisotopic (exact) mass is 638 g/mol. The number of hydrogen-bond donors (Lipinski definition) is 3. The average molecular weight is 639 g/mol. The van der Waals surface area contributed by atoms with E-state index in [4.69, 9.17) is 31.1 Å². The molecule has 0 aliphatic carbocycles. The Kier molecular flexibility index (Phi) is 18.9. The molecule has 3 aliphatic heterocycles. The van der Waals surface area contributed by atoms with Gasteiger partial charge < -0.3 is 30.0 Å². The normalized spacial score (nSPS) is 18.0. The molecule has 13 heteroatoms. The molecule has 3 amide bonds. The number of carbonyl (C=O) groups is 3. The zero-order valence-electron chi connectivity index (χ0n) is 25.2. The summed E-state index contributed by atoms with van der Waals surface area (Å²) in [5.41, 5.74) is -0.397. The second-order valence-corrected chi connectivity index (χ2v) is 10.3. The van der Waals surface area contributed by atoms with Crippen LogP contribution in [0.15, 0.2) is 34.0 Å². The minimum absolute atomic E-state index is 0. The molecule has 3 rings (SSSR count). The van der Waals surface area contributed by atoms with E-state index >= 15 is 0 Å². The largest absolute Gasteiger partial charge is 0.511 e.